The molecule has 7 atom stereocenters. The van der Waals surface area contributed by atoms with Gasteiger partial charge in [-0.25, -0.2) is 9.13 Å². The van der Waals surface area contributed by atoms with Crippen molar-refractivity contribution in [1.29, 1.82) is 0 Å². The molecule has 4 unspecified atom stereocenters. The monoisotopic (exact) mass is 1410 g/mol. The van der Waals surface area contributed by atoms with Gasteiger partial charge < -0.3 is 33.8 Å². The number of carbonyl (C=O) groups excluding carboxylic acids is 4. The van der Waals surface area contributed by atoms with Crippen molar-refractivity contribution in [3.63, 3.8) is 0 Å². The van der Waals surface area contributed by atoms with E-state index in [0.29, 0.717) is 25.7 Å². The SMILES string of the molecule is CCCCCCCCCCCCCCCCCCCCCC(=O)O[C@H](COC(=O)CCCCCCCCCCCCC(C)CC)COP(=O)(O)OC[C@@H](O)COP(=O)(O)OC[C@@H](COC(=O)CCCCCCCCC(C)CC)OC(=O)CCCCCCCCCCCCCCC. The van der Waals surface area contributed by atoms with Crippen LogP contribution in [0.4, 0.5) is 0 Å². The first kappa shape index (κ1) is 94.1. The molecule has 0 heterocycles. The van der Waals surface area contributed by atoms with E-state index < -0.39 is 97.5 Å². The Balaban J connectivity index is 5.24. The Morgan fingerprint density at radius 3 is 0.740 bits per heavy atom. The number of carbonyl (C=O) groups is 4. The third-order valence-electron chi connectivity index (χ3n) is 18.7. The van der Waals surface area contributed by atoms with Gasteiger partial charge >= 0.3 is 39.5 Å². The summed E-state index contributed by atoms with van der Waals surface area (Å²) in [6.45, 7) is 9.60. The first-order valence-corrected chi connectivity index (χ1v) is 43.1. The predicted octanol–water partition coefficient (Wildman–Crippen LogP) is 22.7. The second-order valence-electron chi connectivity index (χ2n) is 28.2. The molecule has 0 bridgehead atoms. The second-order valence-corrected chi connectivity index (χ2v) is 31.1. The van der Waals surface area contributed by atoms with Gasteiger partial charge in [0.2, 0.25) is 0 Å². The zero-order valence-corrected chi connectivity index (χ0v) is 64.5. The molecular formula is C77H150O17P2. The Hall–Kier alpha value is -1.94. The molecule has 3 N–H and O–H groups in total. The van der Waals surface area contributed by atoms with E-state index in [4.69, 9.17) is 37.0 Å². The smallest absolute Gasteiger partial charge is 0.462 e. The molecule has 0 aliphatic rings. The van der Waals surface area contributed by atoms with E-state index in [9.17, 15) is 43.2 Å². The highest BCUT2D eigenvalue weighted by Crippen LogP contribution is 2.45. The van der Waals surface area contributed by atoms with Gasteiger partial charge in [-0.1, -0.05) is 350 Å². The molecule has 0 spiro atoms. The maximum absolute atomic E-state index is 13.1. The van der Waals surface area contributed by atoms with Gasteiger partial charge in [0.1, 0.15) is 19.3 Å². The molecule has 0 radical (unpaired) electrons. The minimum absolute atomic E-state index is 0.107. The molecule has 0 saturated heterocycles. The lowest BCUT2D eigenvalue weighted by Gasteiger charge is -2.21. The highest BCUT2D eigenvalue weighted by molar-refractivity contribution is 7.47. The summed E-state index contributed by atoms with van der Waals surface area (Å²) in [6.07, 6.45) is 56.8. The lowest BCUT2D eigenvalue weighted by molar-refractivity contribution is -0.161. The first-order valence-electron chi connectivity index (χ1n) is 40.1. The molecule has 0 aliphatic heterocycles. The Morgan fingerprint density at radius 2 is 0.500 bits per heavy atom. The van der Waals surface area contributed by atoms with Crippen molar-refractivity contribution < 1.29 is 80.2 Å². The fourth-order valence-electron chi connectivity index (χ4n) is 11.8. The van der Waals surface area contributed by atoms with Crippen LogP contribution < -0.4 is 0 Å². The molecule has 0 fully saturated rings. The molecule has 19 heteroatoms. The van der Waals surface area contributed by atoms with Gasteiger partial charge in [0, 0.05) is 25.7 Å². The normalized spacial score (nSPS) is 14.6. The van der Waals surface area contributed by atoms with E-state index in [1.54, 1.807) is 0 Å². The van der Waals surface area contributed by atoms with Crippen molar-refractivity contribution in [1.82, 2.24) is 0 Å². The fraction of sp³-hybridized carbons (Fsp3) is 0.948. The number of phosphoric acid groups is 2. The summed E-state index contributed by atoms with van der Waals surface area (Å²) in [5, 5.41) is 10.6. The van der Waals surface area contributed by atoms with Crippen molar-refractivity contribution in [2.24, 2.45) is 11.8 Å². The molecule has 570 valence electrons. The van der Waals surface area contributed by atoms with Gasteiger partial charge in [-0.3, -0.25) is 37.3 Å². The zero-order chi connectivity index (χ0) is 70.7. The van der Waals surface area contributed by atoms with Crippen LogP contribution in [0.3, 0.4) is 0 Å². The van der Waals surface area contributed by atoms with Gasteiger partial charge in [-0.2, -0.15) is 0 Å². The summed E-state index contributed by atoms with van der Waals surface area (Å²) < 4.78 is 68.6. The Bertz CT molecular complexity index is 1860. The topological polar surface area (TPSA) is 237 Å². The van der Waals surface area contributed by atoms with E-state index in [1.807, 2.05) is 0 Å². The average Bonchev–Trinajstić information content (AvgIpc) is 1.23. The molecule has 0 aromatic heterocycles. The Morgan fingerprint density at radius 1 is 0.292 bits per heavy atom. The highest BCUT2D eigenvalue weighted by atomic mass is 31.2. The van der Waals surface area contributed by atoms with E-state index in [1.165, 1.54) is 212 Å². The quantitative estimate of drug-likeness (QED) is 0.0222. The summed E-state index contributed by atoms with van der Waals surface area (Å²) in [4.78, 5) is 72.9. The molecule has 0 aromatic rings. The number of hydrogen-bond donors (Lipinski definition) is 3. The standard InChI is InChI=1S/C77H150O17P2/c1-7-11-13-15-17-19-21-23-24-25-26-27-28-30-32-38-42-50-56-62-76(81)93-72(65-87-74(79)59-53-47-40-36-34-33-35-39-45-51-57-69(5)9-3)67-91-95(83,84)89-63-71(78)64-90-96(85,86)92-68-73(66-88-75(80)60-54-48-44-43-46-52-58-70(6)10-4)94-77(82)61-55-49-41-37-31-29-22-20-18-16-14-12-8-2/h69-73,78H,7-68H2,1-6H3,(H,83,84)(H,85,86)/t69?,70?,71-,72-,73-/m1/s1. The first-order chi connectivity index (χ1) is 46.4. The number of ether oxygens (including phenoxy) is 4. The van der Waals surface area contributed by atoms with Crippen molar-refractivity contribution in [2.45, 2.75) is 419 Å². The van der Waals surface area contributed by atoms with Gasteiger partial charge in [0.15, 0.2) is 12.2 Å². The van der Waals surface area contributed by atoms with Crippen LogP contribution in [0.5, 0.6) is 0 Å². The van der Waals surface area contributed by atoms with E-state index in [2.05, 4.69) is 41.5 Å². The number of aliphatic hydroxyl groups excluding tert-OH is 1. The number of aliphatic hydroxyl groups is 1. The molecule has 17 nitrogen and oxygen atoms in total. The number of unbranched alkanes of at least 4 members (excludes halogenated alkanes) is 44. The average molecular weight is 1410 g/mol. The molecular weight excluding hydrogens is 1260 g/mol. The fourth-order valence-corrected chi connectivity index (χ4v) is 13.3. The van der Waals surface area contributed by atoms with Crippen LogP contribution in [-0.4, -0.2) is 96.7 Å². The van der Waals surface area contributed by atoms with Crippen LogP contribution in [0.25, 0.3) is 0 Å². The minimum atomic E-state index is -4.96. The lowest BCUT2D eigenvalue weighted by Crippen LogP contribution is -2.30. The van der Waals surface area contributed by atoms with Crippen LogP contribution in [0, 0.1) is 11.8 Å². The molecule has 0 amide bonds. The number of esters is 4. The largest absolute Gasteiger partial charge is 0.472 e. The molecule has 0 aromatic carbocycles. The van der Waals surface area contributed by atoms with Gasteiger partial charge in [-0.05, 0) is 37.5 Å². The van der Waals surface area contributed by atoms with Crippen molar-refractivity contribution in [3.05, 3.63) is 0 Å². The minimum Gasteiger partial charge on any atom is -0.462 e. The Labute approximate surface area is 588 Å². The number of rotatable bonds is 76. The highest BCUT2D eigenvalue weighted by Gasteiger charge is 2.30. The third-order valence-corrected chi connectivity index (χ3v) is 20.6. The number of phosphoric ester groups is 2. The van der Waals surface area contributed by atoms with Crippen molar-refractivity contribution in [2.75, 3.05) is 39.6 Å². The van der Waals surface area contributed by atoms with E-state index in [0.717, 1.165) is 108 Å². The lowest BCUT2D eigenvalue weighted by atomic mass is 9.99. The van der Waals surface area contributed by atoms with Crippen LogP contribution in [0.15, 0.2) is 0 Å². The maximum atomic E-state index is 13.1. The molecule has 0 saturated carbocycles. The van der Waals surface area contributed by atoms with Gasteiger partial charge in [0.25, 0.3) is 0 Å². The summed E-state index contributed by atoms with van der Waals surface area (Å²) in [7, 11) is -9.91. The predicted molar refractivity (Wildman–Crippen MR) is 391 cm³/mol. The van der Waals surface area contributed by atoms with Crippen molar-refractivity contribution in [3.8, 4) is 0 Å². The maximum Gasteiger partial charge on any atom is 0.472 e. The number of hydrogen-bond acceptors (Lipinski definition) is 15. The van der Waals surface area contributed by atoms with Crippen LogP contribution in [0.2, 0.25) is 0 Å². The second kappa shape index (κ2) is 68.8. The molecule has 96 heavy (non-hydrogen) atoms. The summed E-state index contributed by atoms with van der Waals surface area (Å²) in [6, 6.07) is 0. The van der Waals surface area contributed by atoms with E-state index >= 15 is 0 Å². The van der Waals surface area contributed by atoms with Crippen molar-refractivity contribution >= 4 is 39.5 Å². The van der Waals surface area contributed by atoms with Crippen LogP contribution in [0.1, 0.15) is 401 Å². The summed E-state index contributed by atoms with van der Waals surface area (Å²) in [5.74, 6) is -0.574. The summed E-state index contributed by atoms with van der Waals surface area (Å²) >= 11 is 0. The molecule has 0 rings (SSSR count). The summed E-state index contributed by atoms with van der Waals surface area (Å²) in [5.41, 5.74) is 0. The van der Waals surface area contributed by atoms with Crippen LogP contribution >= 0.6 is 15.6 Å². The molecule has 0 aliphatic carbocycles. The van der Waals surface area contributed by atoms with E-state index in [-0.39, 0.29) is 25.7 Å². The van der Waals surface area contributed by atoms with Gasteiger partial charge in [-0.15, -0.1) is 0 Å². The van der Waals surface area contributed by atoms with Gasteiger partial charge in [0.05, 0.1) is 26.4 Å². The van der Waals surface area contributed by atoms with Crippen LogP contribution in [-0.2, 0) is 65.4 Å². The Kier molecular flexibility index (Phi) is 67.4. The zero-order valence-electron chi connectivity index (χ0n) is 62.7. The third kappa shape index (κ3) is 67.9.